The quantitative estimate of drug-likeness (QED) is 0.786. The monoisotopic (exact) mass is 396 g/mol. The number of halogens is 3. The molecule has 2 aromatic rings. The third-order valence-corrected chi connectivity index (χ3v) is 4.46. The van der Waals surface area contributed by atoms with Gasteiger partial charge < -0.3 is 10.1 Å². The number of amides is 1. The van der Waals surface area contributed by atoms with E-state index in [0.717, 1.165) is 49.0 Å². The molecule has 7 nitrogen and oxygen atoms in total. The van der Waals surface area contributed by atoms with Crippen LogP contribution in [0.15, 0.2) is 30.5 Å². The van der Waals surface area contributed by atoms with Gasteiger partial charge in [0.25, 0.3) is 5.91 Å². The molecule has 0 aliphatic heterocycles. The van der Waals surface area contributed by atoms with Gasteiger partial charge in [-0.25, -0.2) is 9.48 Å². The highest BCUT2D eigenvalue weighted by atomic mass is 19.4. The summed E-state index contributed by atoms with van der Waals surface area (Å²) in [4.78, 5) is 23.9. The Labute approximate surface area is 158 Å². The number of benzene rings is 1. The van der Waals surface area contributed by atoms with E-state index < -0.39 is 30.2 Å². The lowest BCUT2D eigenvalue weighted by Crippen LogP contribution is -2.38. The molecule has 1 amide bonds. The molecule has 0 spiro atoms. The summed E-state index contributed by atoms with van der Waals surface area (Å²) in [5, 5.41) is 9.91. The van der Waals surface area contributed by atoms with Crippen molar-refractivity contribution in [1.29, 1.82) is 0 Å². The van der Waals surface area contributed by atoms with Crippen molar-refractivity contribution < 1.29 is 27.5 Å². The fraction of sp³-hybridized carbons (Fsp3) is 0.444. The van der Waals surface area contributed by atoms with Crippen LogP contribution in [0, 0.1) is 0 Å². The van der Waals surface area contributed by atoms with Gasteiger partial charge >= 0.3 is 12.1 Å². The van der Waals surface area contributed by atoms with E-state index in [1.807, 2.05) is 0 Å². The summed E-state index contributed by atoms with van der Waals surface area (Å²) in [6, 6.07) is 4.87. The molecule has 1 saturated carbocycles. The van der Waals surface area contributed by atoms with Crippen molar-refractivity contribution >= 4 is 11.9 Å². The van der Waals surface area contributed by atoms with Crippen LogP contribution in [0.5, 0.6) is 0 Å². The third-order valence-electron chi connectivity index (χ3n) is 4.46. The van der Waals surface area contributed by atoms with Gasteiger partial charge in [-0.05, 0) is 25.0 Å². The second-order valence-corrected chi connectivity index (χ2v) is 6.54. The Morgan fingerprint density at radius 2 is 1.89 bits per heavy atom. The van der Waals surface area contributed by atoms with Gasteiger partial charge in [0.2, 0.25) is 0 Å². The first-order chi connectivity index (χ1) is 13.3. The fourth-order valence-corrected chi connectivity index (χ4v) is 3.11. The number of nitrogens with one attached hydrogen (secondary N) is 1. The molecule has 0 atom stereocenters. The van der Waals surface area contributed by atoms with Crippen LogP contribution in [0.1, 0.15) is 48.2 Å². The molecule has 1 N–H and O–H groups in total. The van der Waals surface area contributed by atoms with E-state index in [2.05, 4.69) is 15.6 Å². The van der Waals surface area contributed by atoms with Crippen molar-refractivity contribution in [3.05, 3.63) is 41.7 Å². The van der Waals surface area contributed by atoms with Gasteiger partial charge in [0.15, 0.2) is 12.3 Å². The highest BCUT2D eigenvalue weighted by Crippen LogP contribution is 2.33. The second kappa shape index (κ2) is 8.41. The van der Waals surface area contributed by atoms with Gasteiger partial charge in [-0.15, -0.1) is 5.10 Å². The van der Waals surface area contributed by atoms with E-state index in [9.17, 15) is 22.8 Å². The molecule has 1 aromatic heterocycles. The molecular weight excluding hydrogens is 377 g/mol. The minimum absolute atomic E-state index is 0.0831. The van der Waals surface area contributed by atoms with Crippen molar-refractivity contribution in [2.45, 2.75) is 44.3 Å². The van der Waals surface area contributed by atoms with E-state index in [1.165, 1.54) is 18.2 Å². The number of carbonyl (C=O) groups excluding carboxylic acids is 2. The predicted octanol–water partition coefficient (Wildman–Crippen LogP) is 2.89. The van der Waals surface area contributed by atoms with Crippen LogP contribution in [0.25, 0.3) is 5.69 Å². The zero-order chi connectivity index (χ0) is 20.1. The zero-order valence-corrected chi connectivity index (χ0v) is 14.9. The van der Waals surface area contributed by atoms with Crippen LogP contribution < -0.4 is 5.32 Å². The van der Waals surface area contributed by atoms with E-state index in [4.69, 9.17) is 4.74 Å². The Kier molecular flexibility index (Phi) is 5.96. The SMILES string of the molecule is O=C(COC(=O)c1cn(-c2ccccc2C(F)(F)F)nn1)NC1CCCCC1. The number of rotatable bonds is 5. The fourth-order valence-electron chi connectivity index (χ4n) is 3.11. The van der Waals surface area contributed by atoms with E-state index in [1.54, 1.807) is 0 Å². The van der Waals surface area contributed by atoms with Crippen LogP contribution >= 0.6 is 0 Å². The molecule has 1 aliphatic rings. The van der Waals surface area contributed by atoms with E-state index in [0.29, 0.717) is 0 Å². The van der Waals surface area contributed by atoms with Gasteiger partial charge in [0.05, 0.1) is 17.4 Å². The molecular formula is C18H19F3N4O3. The highest BCUT2D eigenvalue weighted by molar-refractivity contribution is 5.89. The standard InChI is InChI=1S/C18H19F3N4O3/c19-18(20,21)13-8-4-5-9-15(13)25-10-14(23-24-25)17(27)28-11-16(26)22-12-6-2-1-3-7-12/h4-5,8-10,12H,1-3,6-7,11H2,(H,22,26). The van der Waals surface area contributed by atoms with Gasteiger partial charge in [0.1, 0.15) is 0 Å². The number of nitrogens with zero attached hydrogens (tertiary/aromatic N) is 3. The molecule has 1 aromatic carbocycles. The molecule has 0 saturated heterocycles. The van der Waals surface area contributed by atoms with Crippen molar-refractivity contribution in [3.8, 4) is 5.69 Å². The topological polar surface area (TPSA) is 86.1 Å². The lowest BCUT2D eigenvalue weighted by atomic mass is 9.95. The molecule has 0 radical (unpaired) electrons. The summed E-state index contributed by atoms with van der Waals surface area (Å²) >= 11 is 0. The molecule has 1 heterocycles. The van der Waals surface area contributed by atoms with Gasteiger partial charge in [-0.3, -0.25) is 4.79 Å². The first kappa shape index (κ1) is 19.8. The number of ether oxygens (including phenoxy) is 1. The smallest absolute Gasteiger partial charge is 0.418 e. The molecule has 0 bridgehead atoms. The largest absolute Gasteiger partial charge is 0.451 e. The van der Waals surface area contributed by atoms with Gasteiger partial charge in [0, 0.05) is 6.04 Å². The van der Waals surface area contributed by atoms with Crippen molar-refractivity contribution in [2.75, 3.05) is 6.61 Å². The average molecular weight is 396 g/mol. The molecule has 3 rings (SSSR count). The number of hydrogen-bond acceptors (Lipinski definition) is 5. The van der Waals surface area contributed by atoms with Crippen molar-refractivity contribution in [1.82, 2.24) is 20.3 Å². The van der Waals surface area contributed by atoms with Gasteiger partial charge in [-0.2, -0.15) is 13.2 Å². The predicted molar refractivity (Wildman–Crippen MR) is 91.7 cm³/mol. The lowest BCUT2D eigenvalue weighted by molar-refractivity contribution is -0.137. The summed E-state index contributed by atoms with van der Waals surface area (Å²) in [6.07, 6.45) is 1.49. The maximum atomic E-state index is 13.1. The normalized spacial score (nSPS) is 15.2. The Balaban J connectivity index is 1.61. The van der Waals surface area contributed by atoms with Crippen LogP contribution in [0.3, 0.4) is 0 Å². The maximum absolute atomic E-state index is 13.1. The number of aromatic nitrogens is 3. The second-order valence-electron chi connectivity index (χ2n) is 6.54. The van der Waals surface area contributed by atoms with Crippen LogP contribution in [-0.2, 0) is 15.7 Å². The first-order valence-electron chi connectivity index (χ1n) is 8.90. The van der Waals surface area contributed by atoms with E-state index in [-0.39, 0.29) is 17.4 Å². The Bertz CT molecular complexity index is 845. The number of alkyl halides is 3. The van der Waals surface area contributed by atoms with Crippen LogP contribution in [0.4, 0.5) is 13.2 Å². The third kappa shape index (κ3) is 4.87. The maximum Gasteiger partial charge on any atom is 0.418 e. The minimum Gasteiger partial charge on any atom is -0.451 e. The highest BCUT2D eigenvalue weighted by Gasteiger charge is 2.34. The summed E-state index contributed by atoms with van der Waals surface area (Å²) in [5.74, 6) is -1.36. The minimum atomic E-state index is -4.58. The molecule has 10 heteroatoms. The summed E-state index contributed by atoms with van der Waals surface area (Å²) in [6.45, 7) is -0.485. The van der Waals surface area contributed by atoms with Crippen LogP contribution in [0.2, 0.25) is 0 Å². The van der Waals surface area contributed by atoms with E-state index >= 15 is 0 Å². The first-order valence-corrected chi connectivity index (χ1v) is 8.90. The number of esters is 1. The Morgan fingerprint density at radius 1 is 1.18 bits per heavy atom. The molecule has 1 aliphatic carbocycles. The molecule has 0 unspecified atom stereocenters. The summed E-state index contributed by atoms with van der Waals surface area (Å²) in [5.41, 5.74) is -1.47. The zero-order valence-electron chi connectivity index (χ0n) is 14.9. The Morgan fingerprint density at radius 3 is 2.61 bits per heavy atom. The molecule has 150 valence electrons. The summed E-state index contributed by atoms with van der Waals surface area (Å²) < 4.78 is 45.0. The van der Waals surface area contributed by atoms with Crippen molar-refractivity contribution in [3.63, 3.8) is 0 Å². The molecule has 1 fully saturated rings. The number of carbonyl (C=O) groups is 2. The lowest BCUT2D eigenvalue weighted by Gasteiger charge is -2.22. The summed E-state index contributed by atoms with van der Waals surface area (Å²) in [7, 11) is 0. The number of para-hydroxylation sites is 1. The Hall–Kier alpha value is -2.91. The number of hydrogen-bond donors (Lipinski definition) is 1. The van der Waals surface area contributed by atoms with Gasteiger partial charge in [-0.1, -0.05) is 36.6 Å². The van der Waals surface area contributed by atoms with Crippen LogP contribution in [-0.4, -0.2) is 39.5 Å². The average Bonchev–Trinajstić information content (AvgIpc) is 3.16. The molecule has 28 heavy (non-hydrogen) atoms. The van der Waals surface area contributed by atoms with Crippen molar-refractivity contribution in [2.24, 2.45) is 0 Å².